The molecule has 2 N–H and O–H groups in total. The van der Waals surface area contributed by atoms with Gasteiger partial charge in [0.2, 0.25) is 11.8 Å². The summed E-state index contributed by atoms with van der Waals surface area (Å²) >= 11 is 1.61. The van der Waals surface area contributed by atoms with Gasteiger partial charge in [0, 0.05) is 31.6 Å². The Morgan fingerprint density at radius 1 is 1.15 bits per heavy atom. The van der Waals surface area contributed by atoms with Crippen molar-refractivity contribution in [1.29, 1.82) is 0 Å². The van der Waals surface area contributed by atoms with Gasteiger partial charge >= 0.3 is 0 Å². The second-order valence-corrected chi connectivity index (χ2v) is 12.6. The Bertz CT molecular complexity index is 1470. The molecule has 216 valence electrons. The fourth-order valence-electron chi connectivity index (χ4n) is 6.07. The number of aliphatic hydroxyl groups is 1. The second-order valence-electron chi connectivity index (χ2n) is 11.7. The zero-order valence-corrected chi connectivity index (χ0v) is 25.1. The number of hydrogen-bond donors (Lipinski definition) is 2. The molecule has 0 aliphatic carbocycles. The average molecular weight is 575 g/mol. The molecule has 0 spiro atoms. The molecule has 2 aliphatic rings. The molecule has 3 atom stereocenters. The first-order chi connectivity index (χ1) is 19.6. The van der Waals surface area contributed by atoms with Crippen molar-refractivity contribution in [2.24, 2.45) is 5.92 Å². The highest BCUT2D eigenvalue weighted by Gasteiger charge is 2.45. The summed E-state index contributed by atoms with van der Waals surface area (Å²) in [6, 6.07) is 12.1. The van der Waals surface area contributed by atoms with E-state index in [2.05, 4.69) is 36.3 Å². The number of amides is 3. The minimum absolute atomic E-state index is 0.0647. The van der Waals surface area contributed by atoms with Gasteiger partial charge in [0.15, 0.2) is 0 Å². The van der Waals surface area contributed by atoms with Crippen LogP contribution < -0.4 is 5.32 Å². The molecule has 41 heavy (non-hydrogen) atoms. The van der Waals surface area contributed by atoms with Gasteiger partial charge in [0.1, 0.15) is 12.1 Å². The van der Waals surface area contributed by atoms with Gasteiger partial charge in [0.25, 0.3) is 5.91 Å². The summed E-state index contributed by atoms with van der Waals surface area (Å²) < 4.78 is 0. The molecule has 0 radical (unpaired) electrons. The van der Waals surface area contributed by atoms with E-state index < -0.39 is 18.2 Å². The second kappa shape index (κ2) is 11.7. The number of thiazole rings is 1. The lowest BCUT2D eigenvalue weighted by atomic mass is 9.94. The lowest BCUT2D eigenvalue weighted by Crippen LogP contribution is -2.55. The van der Waals surface area contributed by atoms with Crippen LogP contribution in [0.5, 0.6) is 0 Å². The van der Waals surface area contributed by atoms with Crippen molar-refractivity contribution in [3.63, 3.8) is 0 Å². The topological polar surface area (TPSA) is 103 Å². The van der Waals surface area contributed by atoms with E-state index in [0.717, 1.165) is 32.8 Å². The summed E-state index contributed by atoms with van der Waals surface area (Å²) in [4.78, 5) is 49.3. The largest absolute Gasteiger partial charge is 0.391 e. The Morgan fingerprint density at radius 2 is 1.90 bits per heavy atom. The fourth-order valence-corrected chi connectivity index (χ4v) is 6.87. The van der Waals surface area contributed by atoms with Crippen LogP contribution in [0.15, 0.2) is 48.0 Å². The Hall–Kier alpha value is -3.56. The molecule has 2 aliphatic heterocycles. The number of carbonyl (C=O) groups excluding carboxylic acids is 3. The van der Waals surface area contributed by atoms with Gasteiger partial charge in [-0.2, -0.15) is 0 Å². The Labute approximate surface area is 245 Å². The van der Waals surface area contributed by atoms with Crippen LogP contribution in [-0.4, -0.2) is 62.3 Å². The number of β-amino-alcohol motifs (C(OH)–C–C–N with tert-alkyl or cyclic N) is 1. The Balaban J connectivity index is 1.32. The molecule has 5 rings (SSSR count). The minimum atomic E-state index is -0.805. The van der Waals surface area contributed by atoms with E-state index in [4.69, 9.17) is 0 Å². The van der Waals surface area contributed by atoms with E-state index in [0.29, 0.717) is 18.7 Å². The molecule has 3 amide bonds. The number of aromatic nitrogens is 1. The number of benzene rings is 2. The zero-order valence-electron chi connectivity index (χ0n) is 24.3. The number of carbonyl (C=O) groups is 3. The van der Waals surface area contributed by atoms with Gasteiger partial charge in [0.05, 0.1) is 22.2 Å². The van der Waals surface area contributed by atoms with Crippen LogP contribution in [0, 0.1) is 12.8 Å². The van der Waals surface area contributed by atoms with Gasteiger partial charge in [-0.1, -0.05) is 58.0 Å². The van der Waals surface area contributed by atoms with Crippen LogP contribution in [0.4, 0.5) is 0 Å². The molecule has 1 aromatic heterocycles. The van der Waals surface area contributed by atoms with E-state index in [1.54, 1.807) is 22.3 Å². The number of likely N-dealkylation sites (tertiary alicyclic amines) is 1. The van der Waals surface area contributed by atoms with Crippen molar-refractivity contribution >= 4 is 29.1 Å². The van der Waals surface area contributed by atoms with Gasteiger partial charge in [-0.05, 0) is 53.1 Å². The number of hydrogen-bond acceptors (Lipinski definition) is 6. The Morgan fingerprint density at radius 3 is 2.56 bits per heavy atom. The van der Waals surface area contributed by atoms with Crippen LogP contribution in [0.1, 0.15) is 72.8 Å². The standard InChI is InChI=1S/C32H38N4O4S/c1-18(2)26-12-21(29-20(5)34-17-41-29)10-11-22(26)14-33-30(38)27-13-24(37)16-35(27)32(40)28(19(3)4)36-15-23-8-6-7-9-25(23)31(36)39/h6-12,17-19,24,27-28,37H,13-16H2,1-5H3,(H,33,38). The van der Waals surface area contributed by atoms with Crippen molar-refractivity contribution in [3.8, 4) is 10.4 Å². The first-order valence-electron chi connectivity index (χ1n) is 14.2. The van der Waals surface area contributed by atoms with Crippen molar-refractivity contribution in [2.45, 2.75) is 78.2 Å². The highest BCUT2D eigenvalue weighted by atomic mass is 32.1. The summed E-state index contributed by atoms with van der Waals surface area (Å²) in [5.74, 6) is -0.700. The normalized spacial score (nSPS) is 19.3. The van der Waals surface area contributed by atoms with E-state index in [1.807, 2.05) is 50.5 Å². The number of nitrogens with zero attached hydrogens (tertiary/aromatic N) is 3. The molecule has 2 aromatic carbocycles. The van der Waals surface area contributed by atoms with Crippen LogP contribution in [0.25, 0.3) is 10.4 Å². The highest BCUT2D eigenvalue weighted by Crippen LogP contribution is 2.32. The summed E-state index contributed by atoms with van der Waals surface area (Å²) in [7, 11) is 0. The quantitative estimate of drug-likeness (QED) is 0.413. The van der Waals surface area contributed by atoms with E-state index in [1.165, 1.54) is 4.90 Å². The maximum absolute atomic E-state index is 14.0. The maximum Gasteiger partial charge on any atom is 0.255 e. The minimum Gasteiger partial charge on any atom is -0.391 e. The smallest absolute Gasteiger partial charge is 0.255 e. The third-order valence-electron chi connectivity index (χ3n) is 8.16. The summed E-state index contributed by atoms with van der Waals surface area (Å²) in [6.07, 6.45) is -0.640. The number of fused-ring (bicyclic) bond motifs is 1. The van der Waals surface area contributed by atoms with Gasteiger partial charge < -0.3 is 20.2 Å². The van der Waals surface area contributed by atoms with Crippen LogP contribution in [0.2, 0.25) is 0 Å². The lowest BCUT2D eigenvalue weighted by Gasteiger charge is -2.35. The maximum atomic E-state index is 14.0. The van der Waals surface area contributed by atoms with E-state index in [9.17, 15) is 19.5 Å². The van der Waals surface area contributed by atoms with Crippen molar-refractivity contribution in [2.75, 3.05) is 6.54 Å². The third-order valence-corrected chi connectivity index (χ3v) is 9.14. The summed E-state index contributed by atoms with van der Waals surface area (Å²) in [5.41, 5.74) is 7.60. The first-order valence-corrected chi connectivity index (χ1v) is 15.1. The number of nitrogens with one attached hydrogen (secondary N) is 1. The SMILES string of the molecule is Cc1ncsc1-c1ccc(CNC(=O)C2CC(O)CN2C(=O)C(C(C)C)N2Cc3ccccc3C2=O)c(C(C)C)c1. The van der Waals surface area contributed by atoms with Crippen molar-refractivity contribution < 1.29 is 19.5 Å². The molecule has 8 nitrogen and oxygen atoms in total. The van der Waals surface area contributed by atoms with Gasteiger partial charge in [-0.15, -0.1) is 11.3 Å². The van der Waals surface area contributed by atoms with E-state index in [-0.39, 0.29) is 42.5 Å². The number of aryl methyl sites for hydroxylation is 1. The number of rotatable bonds is 8. The molecule has 3 unspecified atom stereocenters. The molecule has 3 heterocycles. The van der Waals surface area contributed by atoms with Crippen molar-refractivity contribution in [3.05, 3.63) is 75.9 Å². The molecule has 1 saturated heterocycles. The summed E-state index contributed by atoms with van der Waals surface area (Å²) in [5, 5.41) is 13.6. The average Bonchev–Trinajstić information content (AvgIpc) is 3.64. The molecular formula is C32H38N4O4S. The molecule has 0 saturated carbocycles. The fraction of sp³-hybridized carbons (Fsp3) is 0.438. The molecule has 0 bridgehead atoms. The highest BCUT2D eigenvalue weighted by molar-refractivity contribution is 7.13. The van der Waals surface area contributed by atoms with E-state index >= 15 is 0 Å². The number of aliphatic hydroxyl groups excluding tert-OH is 1. The lowest BCUT2D eigenvalue weighted by molar-refractivity contribution is -0.143. The molecule has 1 fully saturated rings. The molecule has 9 heteroatoms. The third kappa shape index (κ3) is 5.65. The molecule has 3 aromatic rings. The molecular weight excluding hydrogens is 536 g/mol. The zero-order chi connectivity index (χ0) is 29.4. The van der Waals surface area contributed by atoms with Crippen LogP contribution in [-0.2, 0) is 22.7 Å². The van der Waals surface area contributed by atoms with Crippen LogP contribution in [0.3, 0.4) is 0 Å². The Kier molecular flexibility index (Phi) is 8.29. The predicted octanol–water partition coefficient (Wildman–Crippen LogP) is 4.50. The van der Waals surface area contributed by atoms with Crippen LogP contribution >= 0.6 is 11.3 Å². The van der Waals surface area contributed by atoms with Gasteiger partial charge in [-0.3, -0.25) is 14.4 Å². The monoisotopic (exact) mass is 574 g/mol. The first kappa shape index (κ1) is 29.0. The van der Waals surface area contributed by atoms with Crippen molar-refractivity contribution in [1.82, 2.24) is 20.1 Å². The summed E-state index contributed by atoms with van der Waals surface area (Å²) in [6.45, 7) is 10.8. The van der Waals surface area contributed by atoms with Gasteiger partial charge in [-0.25, -0.2) is 4.98 Å². The predicted molar refractivity (Wildman–Crippen MR) is 159 cm³/mol.